The summed E-state index contributed by atoms with van der Waals surface area (Å²) in [6.07, 6.45) is -1.25. The normalized spacial score (nSPS) is 13.1. The zero-order chi connectivity index (χ0) is 32.0. The summed E-state index contributed by atoms with van der Waals surface area (Å²) in [6.45, 7) is 5.72. The summed E-state index contributed by atoms with van der Waals surface area (Å²) < 4.78 is 11.0. The first-order chi connectivity index (χ1) is 20.8. The van der Waals surface area contributed by atoms with Gasteiger partial charge in [0.15, 0.2) is 0 Å². The number of carbonyl (C=O) groups excluding carboxylic acids is 3. The number of amides is 2. The molecule has 0 spiro atoms. The summed E-state index contributed by atoms with van der Waals surface area (Å²) in [5, 5.41) is 25.0. The number of nitrogens with zero attached hydrogens (tertiary/aromatic N) is 1. The Kier molecular flexibility index (Phi) is 10.5. The molecule has 1 aliphatic rings. The molecule has 3 aromatic rings. The van der Waals surface area contributed by atoms with Gasteiger partial charge in [-0.05, 0) is 73.7 Å². The molecule has 0 heterocycles. The third kappa shape index (κ3) is 8.46. The molecule has 0 aliphatic heterocycles. The van der Waals surface area contributed by atoms with Gasteiger partial charge in [-0.15, -0.1) is 0 Å². The van der Waals surface area contributed by atoms with Gasteiger partial charge in [0.05, 0.1) is 6.42 Å². The van der Waals surface area contributed by atoms with Gasteiger partial charge < -0.3 is 35.1 Å². The van der Waals surface area contributed by atoms with E-state index in [1.54, 1.807) is 39.0 Å². The molecular weight excluding hydrogens is 561 g/mol. The van der Waals surface area contributed by atoms with Gasteiger partial charge in [-0.1, -0.05) is 66.7 Å². The van der Waals surface area contributed by atoms with Crippen molar-refractivity contribution in [2.24, 2.45) is 0 Å². The predicted molar refractivity (Wildman–Crippen MR) is 168 cm³/mol. The maximum atomic E-state index is 13.3. The van der Waals surface area contributed by atoms with E-state index in [-0.39, 0.29) is 19.1 Å². The van der Waals surface area contributed by atoms with Crippen molar-refractivity contribution in [3.8, 4) is 11.1 Å². The van der Waals surface area contributed by atoms with E-state index >= 15 is 0 Å². The van der Waals surface area contributed by atoms with Crippen LogP contribution in [0.5, 0.6) is 0 Å². The molecule has 4 N–H and O–H groups in total. The number of carbonyl (C=O) groups is 3. The lowest BCUT2D eigenvalue weighted by atomic mass is 9.76. The van der Waals surface area contributed by atoms with E-state index in [0.717, 1.165) is 27.8 Å². The highest BCUT2D eigenvalue weighted by atomic mass is 16.6. The molecule has 0 fully saturated rings. The van der Waals surface area contributed by atoms with Crippen molar-refractivity contribution >= 4 is 30.6 Å². The lowest BCUT2D eigenvalue weighted by molar-refractivity contribution is -0.156. The van der Waals surface area contributed by atoms with Crippen molar-refractivity contribution in [3.05, 3.63) is 89.0 Å². The second-order valence-electron chi connectivity index (χ2n) is 12.2. The first-order valence-corrected chi connectivity index (χ1v) is 14.6. The Hall–Kier alpha value is -4.19. The zero-order valence-electron chi connectivity index (χ0n) is 25.8. The number of ether oxygens (including phenoxy) is 2. The molecule has 44 heavy (non-hydrogen) atoms. The summed E-state index contributed by atoms with van der Waals surface area (Å²) in [5.74, 6) is -1.44. The molecule has 0 bridgehead atoms. The molecule has 0 radical (unpaired) electrons. The van der Waals surface area contributed by atoms with E-state index < -0.39 is 43.2 Å². The maximum Gasteiger partial charge on any atom is 0.488 e. The van der Waals surface area contributed by atoms with Crippen LogP contribution in [-0.2, 0) is 32.2 Å². The van der Waals surface area contributed by atoms with Gasteiger partial charge in [-0.25, -0.2) is 4.79 Å². The second kappa shape index (κ2) is 14.1. The van der Waals surface area contributed by atoms with E-state index in [2.05, 4.69) is 10.6 Å². The number of benzene rings is 3. The van der Waals surface area contributed by atoms with Crippen LogP contribution in [0.15, 0.2) is 66.7 Å². The minimum absolute atomic E-state index is 0.0258. The van der Waals surface area contributed by atoms with Crippen molar-refractivity contribution in [2.45, 2.75) is 57.8 Å². The molecule has 4 rings (SSSR count). The van der Waals surface area contributed by atoms with Gasteiger partial charge in [-0.3, -0.25) is 9.59 Å². The highest BCUT2D eigenvalue weighted by molar-refractivity contribution is 6.59. The van der Waals surface area contributed by atoms with Crippen LogP contribution in [0.1, 0.15) is 55.4 Å². The Bertz CT molecular complexity index is 1460. The van der Waals surface area contributed by atoms with Crippen LogP contribution in [-0.4, -0.2) is 72.4 Å². The first kappa shape index (κ1) is 32.7. The van der Waals surface area contributed by atoms with Crippen molar-refractivity contribution in [3.63, 3.8) is 0 Å². The van der Waals surface area contributed by atoms with Gasteiger partial charge in [0.2, 0.25) is 5.91 Å². The summed E-state index contributed by atoms with van der Waals surface area (Å²) in [4.78, 5) is 40.8. The van der Waals surface area contributed by atoms with E-state index in [0.29, 0.717) is 17.6 Å². The van der Waals surface area contributed by atoms with E-state index in [1.807, 2.05) is 67.5 Å². The Morgan fingerprint density at radius 3 is 2.14 bits per heavy atom. The van der Waals surface area contributed by atoms with Gasteiger partial charge >= 0.3 is 19.2 Å². The summed E-state index contributed by atoms with van der Waals surface area (Å²) in [6, 6.07) is 19.8. The number of rotatable bonds is 11. The molecule has 1 aliphatic carbocycles. The summed E-state index contributed by atoms with van der Waals surface area (Å²) in [7, 11) is 2.06. The second-order valence-corrected chi connectivity index (χ2v) is 12.2. The van der Waals surface area contributed by atoms with E-state index in [1.165, 1.54) is 0 Å². The molecule has 10 nitrogen and oxygen atoms in total. The fourth-order valence-electron chi connectivity index (χ4n) is 5.33. The third-order valence-electron chi connectivity index (χ3n) is 7.18. The Morgan fingerprint density at radius 1 is 0.955 bits per heavy atom. The minimum Gasteiger partial charge on any atom is -0.460 e. The molecule has 0 saturated heterocycles. The van der Waals surface area contributed by atoms with Gasteiger partial charge in [0.1, 0.15) is 18.2 Å². The topological polar surface area (TPSA) is 137 Å². The van der Waals surface area contributed by atoms with Crippen LogP contribution >= 0.6 is 0 Å². The summed E-state index contributed by atoms with van der Waals surface area (Å²) in [5.41, 5.74) is 5.17. The molecule has 0 aromatic heterocycles. The molecule has 3 aromatic carbocycles. The van der Waals surface area contributed by atoms with E-state index in [9.17, 15) is 24.4 Å². The SMILES string of the molecule is CN(C)Cc1ccc(CNC(=O)[C@H](CC(=O)OC(C)(C)C)NC(=O)OCC2c3ccccc3-c3ccccc32)cc1B(O)O. The number of esters is 1. The number of hydrogen-bond acceptors (Lipinski definition) is 8. The molecule has 232 valence electrons. The smallest absolute Gasteiger partial charge is 0.460 e. The average Bonchev–Trinajstić information content (AvgIpc) is 3.27. The van der Waals surface area contributed by atoms with Crippen LogP contribution in [0.4, 0.5) is 4.79 Å². The lowest BCUT2D eigenvalue weighted by Crippen LogP contribution is -2.48. The molecule has 0 unspecified atom stereocenters. The minimum atomic E-state index is -1.68. The van der Waals surface area contributed by atoms with Gasteiger partial charge in [0.25, 0.3) is 0 Å². The predicted octanol–water partition coefficient (Wildman–Crippen LogP) is 2.68. The average molecular weight is 602 g/mol. The quantitative estimate of drug-likeness (QED) is 0.195. The number of alkyl carbamates (subject to hydrolysis) is 1. The van der Waals surface area contributed by atoms with Crippen LogP contribution in [0.3, 0.4) is 0 Å². The fourth-order valence-corrected chi connectivity index (χ4v) is 5.33. The van der Waals surface area contributed by atoms with Crippen LogP contribution < -0.4 is 16.1 Å². The molecule has 1 atom stereocenters. The molecule has 2 amide bonds. The molecule has 11 heteroatoms. The summed E-state index contributed by atoms with van der Waals surface area (Å²) >= 11 is 0. The largest absolute Gasteiger partial charge is 0.488 e. The van der Waals surface area contributed by atoms with Crippen LogP contribution in [0.25, 0.3) is 11.1 Å². The third-order valence-corrected chi connectivity index (χ3v) is 7.18. The van der Waals surface area contributed by atoms with Crippen LogP contribution in [0.2, 0.25) is 0 Å². The van der Waals surface area contributed by atoms with Crippen molar-refractivity contribution in [1.29, 1.82) is 0 Å². The number of nitrogens with one attached hydrogen (secondary N) is 2. The monoisotopic (exact) mass is 601 g/mol. The highest BCUT2D eigenvalue weighted by Crippen LogP contribution is 2.44. The molecule has 0 saturated carbocycles. The Morgan fingerprint density at radius 2 is 1.57 bits per heavy atom. The molecular formula is C33H40BN3O7. The van der Waals surface area contributed by atoms with Crippen molar-refractivity contribution in [1.82, 2.24) is 15.5 Å². The standard InChI is InChI=1S/C33H40BN3O7/c1-33(2,3)44-30(38)17-29(31(39)35-18-21-14-15-22(19-37(4)5)28(16-21)34(41)42)36-32(40)43-20-27-25-12-8-6-10-23(25)24-11-7-9-13-26(24)27/h6-16,27,29,41-42H,17-20H2,1-5H3,(H,35,39)(H,36,40)/t29-/m0/s1. The van der Waals surface area contributed by atoms with Gasteiger partial charge in [0, 0.05) is 19.0 Å². The lowest BCUT2D eigenvalue weighted by Gasteiger charge is -2.23. The first-order valence-electron chi connectivity index (χ1n) is 14.6. The van der Waals surface area contributed by atoms with Crippen molar-refractivity contribution in [2.75, 3.05) is 20.7 Å². The highest BCUT2D eigenvalue weighted by Gasteiger charge is 2.31. The van der Waals surface area contributed by atoms with Crippen LogP contribution in [0, 0.1) is 0 Å². The maximum absolute atomic E-state index is 13.3. The Labute approximate surface area is 258 Å². The Balaban J connectivity index is 1.44. The van der Waals surface area contributed by atoms with Gasteiger partial charge in [-0.2, -0.15) is 0 Å². The fraction of sp³-hybridized carbons (Fsp3) is 0.364. The number of hydrogen-bond donors (Lipinski definition) is 4. The number of fused-ring (bicyclic) bond motifs is 3. The zero-order valence-corrected chi connectivity index (χ0v) is 25.8. The van der Waals surface area contributed by atoms with E-state index in [4.69, 9.17) is 9.47 Å². The van der Waals surface area contributed by atoms with Crippen molar-refractivity contribution < 1.29 is 33.9 Å².